The van der Waals surface area contributed by atoms with Crippen LogP contribution in [0, 0.1) is 46.3 Å². The first-order valence-electron chi connectivity index (χ1n) is 13.5. The minimum absolute atomic E-state index is 0.0723. The largest absolute Gasteiger partial charge is 0.396 e. The van der Waals surface area contributed by atoms with E-state index in [0.29, 0.717) is 29.1 Å². The van der Waals surface area contributed by atoms with Crippen LogP contribution in [-0.2, 0) is 0 Å². The highest BCUT2D eigenvalue weighted by atomic mass is 16.3. The van der Waals surface area contributed by atoms with Crippen molar-refractivity contribution in [2.45, 2.75) is 123 Å². The highest BCUT2D eigenvalue weighted by molar-refractivity contribution is 5.10. The van der Waals surface area contributed by atoms with Gasteiger partial charge in [-0.3, -0.25) is 0 Å². The summed E-state index contributed by atoms with van der Waals surface area (Å²) in [6, 6.07) is 0. The SMILES string of the molecule is CC(CCC(C)(O)CCO)C1CCC2C3CCC4CC(C)(O)CCC4(C)C3CCC12C. The number of hydrogen-bond acceptors (Lipinski definition) is 3. The fourth-order valence-electron chi connectivity index (χ4n) is 9.51. The van der Waals surface area contributed by atoms with Crippen molar-refractivity contribution in [3.63, 3.8) is 0 Å². The zero-order valence-electron chi connectivity index (χ0n) is 21.0. The molecule has 4 aliphatic rings. The van der Waals surface area contributed by atoms with Crippen molar-refractivity contribution in [1.82, 2.24) is 0 Å². The molecule has 4 saturated carbocycles. The van der Waals surface area contributed by atoms with Gasteiger partial charge >= 0.3 is 0 Å². The summed E-state index contributed by atoms with van der Waals surface area (Å²) in [5.74, 6) is 4.76. The molecule has 31 heavy (non-hydrogen) atoms. The van der Waals surface area contributed by atoms with Crippen molar-refractivity contribution in [1.29, 1.82) is 0 Å². The number of aliphatic hydroxyl groups is 3. The Morgan fingerprint density at radius 1 is 0.903 bits per heavy atom. The van der Waals surface area contributed by atoms with E-state index >= 15 is 0 Å². The third kappa shape index (κ3) is 4.26. The second kappa shape index (κ2) is 8.27. The van der Waals surface area contributed by atoms with E-state index in [2.05, 4.69) is 27.7 Å². The molecule has 0 aromatic rings. The van der Waals surface area contributed by atoms with Crippen LogP contribution in [0.2, 0.25) is 0 Å². The van der Waals surface area contributed by atoms with Crippen LogP contribution in [0.25, 0.3) is 0 Å². The van der Waals surface area contributed by atoms with E-state index in [-0.39, 0.29) is 6.61 Å². The van der Waals surface area contributed by atoms with Crippen molar-refractivity contribution in [2.24, 2.45) is 46.3 Å². The lowest BCUT2D eigenvalue weighted by Gasteiger charge is -2.62. The smallest absolute Gasteiger partial charge is 0.0641 e. The maximum atomic E-state index is 10.7. The van der Waals surface area contributed by atoms with Crippen LogP contribution in [0.4, 0.5) is 0 Å². The third-order valence-corrected chi connectivity index (χ3v) is 11.5. The van der Waals surface area contributed by atoms with Crippen molar-refractivity contribution in [3.05, 3.63) is 0 Å². The van der Waals surface area contributed by atoms with Crippen molar-refractivity contribution in [2.75, 3.05) is 6.61 Å². The van der Waals surface area contributed by atoms with E-state index in [1.54, 1.807) is 0 Å². The van der Waals surface area contributed by atoms with Gasteiger partial charge in [0.25, 0.3) is 0 Å². The summed E-state index contributed by atoms with van der Waals surface area (Å²) in [6.07, 6.45) is 13.8. The van der Waals surface area contributed by atoms with Crippen LogP contribution in [0.1, 0.15) is 112 Å². The van der Waals surface area contributed by atoms with Crippen molar-refractivity contribution < 1.29 is 15.3 Å². The molecule has 4 aliphatic carbocycles. The van der Waals surface area contributed by atoms with Crippen molar-refractivity contribution in [3.8, 4) is 0 Å². The first-order chi connectivity index (χ1) is 14.4. The Hall–Kier alpha value is -0.120. The number of hydrogen-bond donors (Lipinski definition) is 3. The minimum atomic E-state index is -0.727. The molecule has 0 aliphatic heterocycles. The van der Waals surface area contributed by atoms with Crippen LogP contribution in [-0.4, -0.2) is 33.1 Å². The average molecular weight is 435 g/mol. The Kier molecular flexibility index (Phi) is 6.41. The predicted molar refractivity (Wildman–Crippen MR) is 127 cm³/mol. The van der Waals surface area contributed by atoms with E-state index in [0.717, 1.165) is 49.4 Å². The summed E-state index contributed by atoms with van der Waals surface area (Å²) in [6.45, 7) is 11.7. The fraction of sp³-hybridized carbons (Fsp3) is 1.00. The summed E-state index contributed by atoms with van der Waals surface area (Å²) in [7, 11) is 0. The molecule has 0 bridgehead atoms. The Morgan fingerprint density at radius 3 is 2.32 bits per heavy atom. The van der Waals surface area contributed by atoms with Crippen LogP contribution in [0.15, 0.2) is 0 Å². The van der Waals surface area contributed by atoms with Gasteiger partial charge in [0.05, 0.1) is 11.2 Å². The first kappa shape index (κ1) is 24.0. The first-order valence-corrected chi connectivity index (χ1v) is 13.5. The Bertz CT molecular complexity index is 642. The van der Waals surface area contributed by atoms with E-state index in [9.17, 15) is 15.3 Å². The molecule has 0 amide bonds. The number of rotatable bonds is 6. The normalized spacial score (nSPS) is 50.1. The predicted octanol–water partition coefficient (Wildman–Crippen LogP) is 5.95. The summed E-state index contributed by atoms with van der Waals surface area (Å²) in [5.41, 5.74) is -0.258. The molecule has 3 N–H and O–H groups in total. The molecular weight excluding hydrogens is 384 g/mol. The molecular formula is C28H50O3. The van der Waals surface area contributed by atoms with Gasteiger partial charge in [-0.05, 0) is 137 Å². The lowest BCUT2D eigenvalue weighted by atomic mass is 9.43. The molecule has 0 aromatic heterocycles. The van der Waals surface area contributed by atoms with Crippen molar-refractivity contribution >= 4 is 0 Å². The molecule has 0 aromatic carbocycles. The Morgan fingerprint density at radius 2 is 1.61 bits per heavy atom. The highest BCUT2D eigenvalue weighted by Gasteiger charge is 2.61. The van der Waals surface area contributed by atoms with Gasteiger partial charge < -0.3 is 15.3 Å². The van der Waals surface area contributed by atoms with E-state index < -0.39 is 11.2 Å². The standard InChI is InChI=1S/C28H50O3/c1-19(10-12-25(2,30)16-17-29)22-8-9-23-21-7-6-20-18-26(3,31)14-15-27(20,4)24(21)11-13-28(22,23)5/h19-24,29-31H,6-18H2,1-5H3. The molecule has 0 spiro atoms. The van der Waals surface area contributed by atoms with E-state index in [1.807, 2.05) is 6.92 Å². The lowest BCUT2D eigenvalue weighted by Crippen LogP contribution is -2.55. The fourth-order valence-corrected chi connectivity index (χ4v) is 9.51. The summed E-state index contributed by atoms with van der Waals surface area (Å²) < 4.78 is 0. The highest BCUT2D eigenvalue weighted by Crippen LogP contribution is 2.68. The van der Waals surface area contributed by atoms with Gasteiger partial charge in [-0.15, -0.1) is 0 Å². The average Bonchev–Trinajstić information content (AvgIpc) is 3.04. The molecule has 0 saturated heterocycles. The van der Waals surface area contributed by atoms with Crippen LogP contribution < -0.4 is 0 Å². The van der Waals surface area contributed by atoms with E-state index in [4.69, 9.17) is 0 Å². The second-order valence-corrected chi connectivity index (χ2v) is 13.6. The Labute approximate surface area is 191 Å². The van der Waals surface area contributed by atoms with E-state index in [1.165, 1.54) is 44.9 Å². The topological polar surface area (TPSA) is 60.7 Å². The number of fused-ring (bicyclic) bond motifs is 5. The Balaban J connectivity index is 1.45. The van der Waals surface area contributed by atoms with Gasteiger partial charge in [-0.1, -0.05) is 20.8 Å². The maximum Gasteiger partial charge on any atom is 0.0641 e. The molecule has 0 radical (unpaired) electrons. The van der Waals surface area contributed by atoms with Crippen LogP contribution in [0.3, 0.4) is 0 Å². The summed E-state index contributed by atoms with van der Waals surface area (Å²) in [5, 5.41) is 30.5. The third-order valence-electron chi connectivity index (χ3n) is 11.5. The molecule has 3 heteroatoms. The lowest BCUT2D eigenvalue weighted by molar-refractivity contribution is -0.148. The van der Waals surface area contributed by atoms with Crippen LogP contribution >= 0.6 is 0 Å². The van der Waals surface area contributed by atoms with Gasteiger partial charge in [-0.2, -0.15) is 0 Å². The quantitative estimate of drug-likeness (QED) is 0.484. The molecule has 4 rings (SSSR count). The zero-order chi connectivity index (χ0) is 22.7. The van der Waals surface area contributed by atoms with Crippen LogP contribution in [0.5, 0.6) is 0 Å². The summed E-state index contributed by atoms with van der Waals surface area (Å²) >= 11 is 0. The second-order valence-electron chi connectivity index (χ2n) is 13.6. The van der Waals surface area contributed by atoms with Gasteiger partial charge in [0, 0.05) is 6.61 Å². The summed E-state index contributed by atoms with van der Waals surface area (Å²) in [4.78, 5) is 0. The molecule has 3 nitrogen and oxygen atoms in total. The van der Waals surface area contributed by atoms with Gasteiger partial charge in [0.2, 0.25) is 0 Å². The molecule has 4 fully saturated rings. The van der Waals surface area contributed by atoms with Gasteiger partial charge in [-0.25, -0.2) is 0 Å². The zero-order valence-corrected chi connectivity index (χ0v) is 21.0. The number of aliphatic hydroxyl groups excluding tert-OH is 1. The van der Waals surface area contributed by atoms with Gasteiger partial charge in [0.15, 0.2) is 0 Å². The molecule has 180 valence electrons. The maximum absolute atomic E-state index is 10.7. The minimum Gasteiger partial charge on any atom is -0.396 e. The monoisotopic (exact) mass is 434 g/mol. The molecule has 10 atom stereocenters. The molecule has 0 heterocycles. The van der Waals surface area contributed by atoms with Gasteiger partial charge in [0.1, 0.15) is 0 Å². The molecule has 10 unspecified atom stereocenters.